The molecule has 166 valence electrons. The zero-order valence-corrected chi connectivity index (χ0v) is 17.0. The number of fused-ring (bicyclic) bond motifs is 1. The summed E-state index contributed by atoms with van der Waals surface area (Å²) in [7, 11) is 0. The molecule has 0 radical (unpaired) electrons. The molecule has 1 aliphatic heterocycles. The molecule has 32 heavy (non-hydrogen) atoms. The number of carbonyl (C=O) groups is 2. The van der Waals surface area contributed by atoms with Crippen LogP contribution in [0, 0.1) is 0 Å². The average molecular weight is 444 g/mol. The van der Waals surface area contributed by atoms with Gasteiger partial charge in [0.1, 0.15) is 6.04 Å². The lowest BCUT2D eigenvalue weighted by atomic mass is 9.93. The second-order valence-corrected chi connectivity index (χ2v) is 7.50. The van der Waals surface area contributed by atoms with E-state index in [0.29, 0.717) is 10.9 Å². The number of hydrogen-bond acceptors (Lipinski definition) is 4. The quantitative estimate of drug-likeness (QED) is 0.600. The van der Waals surface area contributed by atoms with Crippen LogP contribution in [0.25, 0.3) is 22.0 Å². The Balaban J connectivity index is 1.71. The SMILES string of the molecule is CCOC(=O)C1CC(c2ccc3cc(-c4ccccc4C(F)(F)F)[nH]c(=O)c3c2)C(=O)N1. The molecule has 0 saturated carbocycles. The van der Waals surface area contributed by atoms with Crippen LogP contribution in [0.2, 0.25) is 0 Å². The number of ether oxygens (including phenoxy) is 1. The Kier molecular flexibility index (Phi) is 5.50. The first kappa shape index (κ1) is 21.6. The molecule has 3 aromatic rings. The third kappa shape index (κ3) is 3.98. The molecule has 9 heteroatoms. The smallest absolute Gasteiger partial charge is 0.417 e. The number of aromatic nitrogens is 1. The van der Waals surface area contributed by atoms with Crippen molar-refractivity contribution < 1.29 is 27.5 Å². The first-order valence-corrected chi connectivity index (χ1v) is 9.99. The van der Waals surface area contributed by atoms with Crippen LogP contribution in [0.5, 0.6) is 0 Å². The van der Waals surface area contributed by atoms with E-state index in [4.69, 9.17) is 4.74 Å². The lowest BCUT2D eigenvalue weighted by Crippen LogP contribution is -2.34. The van der Waals surface area contributed by atoms with Gasteiger partial charge in [0, 0.05) is 16.6 Å². The number of benzene rings is 2. The number of alkyl halides is 3. The van der Waals surface area contributed by atoms with Crippen LogP contribution in [0.1, 0.15) is 30.4 Å². The molecular formula is C23H19F3N2O4. The molecule has 1 saturated heterocycles. The van der Waals surface area contributed by atoms with E-state index in [2.05, 4.69) is 10.3 Å². The van der Waals surface area contributed by atoms with Crippen molar-refractivity contribution in [2.24, 2.45) is 0 Å². The van der Waals surface area contributed by atoms with Gasteiger partial charge in [0.2, 0.25) is 5.91 Å². The summed E-state index contributed by atoms with van der Waals surface area (Å²) in [5.41, 5.74) is -0.966. The average Bonchev–Trinajstić information content (AvgIpc) is 3.15. The van der Waals surface area contributed by atoms with Gasteiger partial charge in [-0.15, -0.1) is 0 Å². The van der Waals surface area contributed by atoms with E-state index >= 15 is 0 Å². The molecule has 0 bridgehead atoms. The van der Waals surface area contributed by atoms with Crippen molar-refractivity contribution in [3.05, 3.63) is 70.0 Å². The molecule has 1 aromatic heterocycles. The number of rotatable bonds is 4. The van der Waals surface area contributed by atoms with Crippen molar-refractivity contribution in [1.29, 1.82) is 0 Å². The molecule has 2 unspecified atom stereocenters. The van der Waals surface area contributed by atoms with Gasteiger partial charge in [-0.3, -0.25) is 9.59 Å². The van der Waals surface area contributed by atoms with Crippen molar-refractivity contribution in [3.63, 3.8) is 0 Å². The maximum absolute atomic E-state index is 13.4. The van der Waals surface area contributed by atoms with Gasteiger partial charge in [0.25, 0.3) is 5.56 Å². The zero-order valence-electron chi connectivity index (χ0n) is 17.0. The Bertz CT molecular complexity index is 1270. The second-order valence-electron chi connectivity index (χ2n) is 7.50. The fraction of sp³-hybridized carbons (Fsp3) is 0.261. The molecule has 1 aliphatic rings. The number of carbonyl (C=O) groups excluding carboxylic acids is 2. The Labute approximate surface area is 180 Å². The van der Waals surface area contributed by atoms with Gasteiger partial charge in [-0.05, 0) is 42.5 Å². The molecule has 1 fully saturated rings. The predicted molar refractivity (Wildman–Crippen MR) is 111 cm³/mol. The van der Waals surface area contributed by atoms with Gasteiger partial charge in [-0.2, -0.15) is 13.2 Å². The Hall–Kier alpha value is -3.62. The lowest BCUT2D eigenvalue weighted by molar-refractivity contribution is -0.146. The van der Waals surface area contributed by atoms with Crippen LogP contribution in [-0.4, -0.2) is 29.5 Å². The molecule has 4 rings (SSSR count). The van der Waals surface area contributed by atoms with Crippen molar-refractivity contribution >= 4 is 22.6 Å². The van der Waals surface area contributed by atoms with Crippen LogP contribution in [0.3, 0.4) is 0 Å². The number of pyridine rings is 1. The fourth-order valence-electron chi connectivity index (χ4n) is 3.96. The molecule has 2 N–H and O–H groups in total. The van der Waals surface area contributed by atoms with Crippen LogP contribution in [0.4, 0.5) is 13.2 Å². The molecule has 0 spiro atoms. The predicted octanol–water partition coefficient (Wildman–Crippen LogP) is 3.75. The van der Waals surface area contributed by atoms with Gasteiger partial charge in [-0.1, -0.05) is 30.3 Å². The normalized spacial score (nSPS) is 18.6. The molecule has 2 atom stereocenters. The van der Waals surface area contributed by atoms with Crippen LogP contribution in [0.15, 0.2) is 53.3 Å². The molecule has 0 aliphatic carbocycles. The van der Waals surface area contributed by atoms with E-state index in [1.54, 1.807) is 19.1 Å². The van der Waals surface area contributed by atoms with Crippen molar-refractivity contribution in [2.75, 3.05) is 6.61 Å². The molecule has 6 nitrogen and oxygen atoms in total. The number of halogens is 3. The van der Waals surface area contributed by atoms with Gasteiger partial charge < -0.3 is 15.0 Å². The van der Waals surface area contributed by atoms with E-state index in [9.17, 15) is 27.6 Å². The van der Waals surface area contributed by atoms with Gasteiger partial charge in [-0.25, -0.2) is 4.79 Å². The summed E-state index contributed by atoms with van der Waals surface area (Å²) in [6.45, 7) is 1.87. The van der Waals surface area contributed by atoms with E-state index in [1.165, 1.54) is 30.3 Å². The Morgan fingerprint density at radius 3 is 2.59 bits per heavy atom. The maximum Gasteiger partial charge on any atom is 0.417 e. The van der Waals surface area contributed by atoms with Crippen LogP contribution in [-0.2, 0) is 20.5 Å². The first-order valence-electron chi connectivity index (χ1n) is 9.99. The molecule has 2 heterocycles. The number of H-pyrrole nitrogens is 1. The van der Waals surface area contributed by atoms with E-state index in [-0.39, 0.29) is 35.6 Å². The summed E-state index contributed by atoms with van der Waals surface area (Å²) in [4.78, 5) is 39.6. The van der Waals surface area contributed by atoms with E-state index in [1.807, 2.05) is 0 Å². The van der Waals surface area contributed by atoms with E-state index in [0.717, 1.165) is 6.07 Å². The number of hydrogen-bond donors (Lipinski definition) is 2. The van der Waals surface area contributed by atoms with Crippen molar-refractivity contribution in [1.82, 2.24) is 10.3 Å². The summed E-state index contributed by atoms with van der Waals surface area (Å²) < 4.78 is 45.1. The zero-order chi connectivity index (χ0) is 23.0. The minimum atomic E-state index is -4.57. The number of aromatic amines is 1. The second kappa shape index (κ2) is 8.14. The summed E-state index contributed by atoms with van der Waals surface area (Å²) in [5, 5.41) is 3.27. The summed E-state index contributed by atoms with van der Waals surface area (Å²) in [5.74, 6) is -1.51. The highest BCUT2D eigenvalue weighted by atomic mass is 19.4. The monoisotopic (exact) mass is 444 g/mol. The molecular weight excluding hydrogens is 425 g/mol. The van der Waals surface area contributed by atoms with Crippen molar-refractivity contribution in [2.45, 2.75) is 31.5 Å². The van der Waals surface area contributed by atoms with Crippen LogP contribution >= 0.6 is 0 Å². The summed E-state index contributed by atoms with van der Waals surface area (Å²) >= 11 is 0. The highest BCUT2D eigenvalue weighted by molar-refractivity contribution is 5.94. The first-order chi connectivity index (χ1) is 15.2. The minimum absolute atomic E-state index is 0.0455. The topological polar surface area (TPSA) is 88.3 Å². The standard InChI is InChI=1S/C23H19F3N2O4/c1-2-32-22(31)19-11-16(21(30)28-19)12-7-8-13-10-18(27-20(29)15(13)9-12)14-5-3-4-6-17(14)23(24,25)26/h3-10,16,19H,2,11H2,1H3,(H,27,29)(H,28,30). The summed E-state index contributed by atoms with van der Waals surface area (Å²) in [6, 6.07) is 10.5. The number of nitrogens with one attached hydrogen (secondary N) is 2. The highest BCUT2D eigenvalue weighted by Gasteiger charge is 2.38. The maximum atomic E-state index is 13.4. The van der Waals surface area contributed by atoms with Gasteiger partial charge >= 0.3 is 12.1 Å². The number of esters is 1. The van der Waals surface area contributed by atoms with Gasteiger partial charge in [0.15, 0.2) is 0 Å². The fourth-order valence-corrected chi connectivity index (χ4v) is 3.96. The number of amides is 1. The third-order valence-corrected chi connectivity index (χ3v) is 5.47. The Morgan fingerprint density at radius 1 is 1.12 bits per heavy atom. The largest absolute Gasteiger partial charge is 0.464 e. The molecule has 1 amide bonds. The highest BCUT2D eigenvalue weighted by Crippen LogP contribution is 2.37. The van der Waals surface area contributed by atoms with Crippen LogP contribution < -0.4 is 10.9 Å². The van der Waals surface area contributed by atoms with Crippen molar-refractivity contribution in [3.8, 4) is 11.3 Å². The van der Waals surface area contributed by atoms with Gasteiger partial charge in [0.05, 0.1) is 18.1 Å². The van der Waals surface area contributed by atoms with E-state index < -0.39 is 35.2 Å². The minimum Gasteiger partial charge on any atom is -0.464 e. The molecule has 2 aromatic carbocycles. The Morgan fingerprint density at radius 2 is 1.88 bits per heavy atom. The lowest BCUT2D eigenvalue weighted by Gasteiger charge is -2.14. The third-order valence-electron chi connectivity index (χ3n) is 5.47. The summed E-state index contributed by atoms with van der Waals surface area (Å²) in [6.07, 6.45) is -4.38.